The van der Waals surface area contributed by atoms with Crippen molar-refractivity contribution >= 4 is 65.0 Å². The first kappa shape index (κ1) is 26.1. The minimum Gasteiger partial charge on any atom is -0.455 e. The summed E-state index contributed by atoms with van der Waals surface area (Å²) >= 11 is 0. The van der Waals surface area contributed by atoms with E-state index in [9.17, 15) is 0 Å². The number of benzene rings is 9. The molecule has 0 bridgehead atoms. The lowest BCUT2D eigenvalue weighted by Gasteiger charge is -2.10. The van der Waals surface area contributed by atoms with E-state index in [1.54, 1.807) is 0 Å². The van der Waals surface area contributed by atoms with E-state index in [-0.39, 0.29) is 0 Å². The molecule has 0 N–H and O–H groups in total. The molecule has 0 fully saturated rings. The third-order valence-corrected chi connectivity index (χ3v) is 9.81. The molecule has 10 rings (SSSR count). The first-order valence-corrected chi connectivity index (χ1v) is 16.2. The van der Waals surface area contributed by atoms with Crippen molar-refractivity contribution in [2.24, 2.45) is 0 Å². The van der Waals surface area contributed by atoms with Crippen LogP contribution in [0.5, 0.6) is 0 Å². The maximum atomic E-state index is 6.33. The molecule has 1 aromatic heterocycles. The van der Waals surface area contributed by atoms with E-state index in [2.05, 4.69) is 158 Å². The van der Waals surface area contributed by atoms with Gasteiger partial charge in [-0.2, -0.15) is 0 Å². The average molecular weight is 597 g/mol. The molecule has 0 aliphatic carbocycles. The molecule has 1 nitrogen and oxygen atoms in total. The Hall–Kier alpha value is -6.18. The Morgan fingerprint density at radius 3 is 1.45 bits per heavy atom. The van der Waals surface area contributed by atoms with Crippen molar-refractivity contribution < 1.29 is 4.42 Å². The number of fused-ring (bicyclic) bond motifs is 8. The molecule has 0 spiro atoms. The summed E-state index contributed by atoms with van der Waals surface area (Å²) in [4.78, 5) is 0. The van der Waals surface area contributed by atoms with Gasteiger partial charge < -0.3 is 4.42 Å². The van der Waals surface area contributed by atoms with E-state index < -0.39 is 0 Å². The van der Waals surface area contributed by atoms with Gasteiger partial charge in [0.05, 0.1) is 0 Å². The maximum Gasteiger partial charge on any atom is 0.143 e. The zero-order chi connectivity index (χ0) is 30.9. The highest BCUT2D eigenvalue weighted by atomic mass is 16.3. The van der Waals surface area contributed by atoms with Crippen molar-refractivity contribution in [2.45, 2.75) is 0 Å². The van der Waals surface area contributed by atoms with E-state index in [1.165, 1.54) is 65.3 Å². The lowest BCUT2D eigenvalue weighted by Crippen LogP contribution is -1.84. The Labute approximate surface area is 271 Å². The molecule has 0 atom stereocenters. The average Bonchev–Trinajstić information content (AvgIpc) is 3.53. The Kier molecular flexibility index (Phi) is 5.64. The van der Waals surface area contributed by atoms with Crippen molar-refractivity contribution in [1.82, 2.24) is 0 Å². The van der Waals surface area contributed by atoms with E-state index in [0.717, 1.165) is 33.1 Å². The van der Waals surface area contributed by atoms with Gasteiger partial charge in [0, 0.05) is 16.3 Å². The molecule has 10 aromatic rings. The van der Waals surface area contributed by atoms with Crippen molar-refractivity contribution in [3.63, 3.8) is 0 Å². The quantitative estimate of drug-likeness (QED) is 0.185. The van der Waals surface area contributed by atoms with Crippen molar-refractivity contribution in [3.8, 4) is 33.4 Å². The third-order valence-electron chi connectivity index (χ3n) is 9.81. The molecule has 0 aliphatic rings. The molecule has 1 heteroatoms. The van der Waals surface area contributed by atoms with Crippen LogP contribution >= 0.6 is 0 Å². The lowest BCUT2D eigenvalue weighted by molar-refractivity contribution is 0.670. The van der Waals surface area contributed by atoms with Crippen LogP contribution < -0.4 is 0 Å². The molecule has 9 aromatic carbocycles. The fraction of sp³-hybridized carbons (Fsp3) is 0. The Morgan fingerprint density at radius 2 is 0.745 bits per heavy atom. The molecule has 1 heterocycles. The van der Waals surface area contributed by atoms with Crippen molar-refractivity contribution in [1.29, 1.82) is 0 Å². The minimum absolute atomic E-state index is 0.925. The lowest BCUT2D eigenvalue weighted by atomic mass is 9.94. The fourth-order valence-corrected chi connectivity index (χ4v) is 7.36. The van der Waals surface area contributed by atoms with E-state index >= 15 is 0 Å². The van der Waals surface area contributed by atoms with Crippen LogP contribution in [0.15, 0.2) is 174 Å². The summed E-state index contributed by atoms with van der Waals surface area (Å²) in [7, 11) is 0. The van der Waals surface area contributed by atoms with Gasteiger partial charge in [-0.1, -0.05) is 133 Å². The molecule has 0 amide bonds. The van der Waals surface area contributed by atoms with Crippen LogP contribution in [0.25, 0.3) is 98.4 Å². The second-order valence-corrected chi connectivity index (χ2v) is 12.6. The van der Waals surface area contributed by atoms with Crippen molar-refractivity contribution in [2.75, 3.05) is 0 Å². The molecule has 47 heavy (non-hydrogen) atoms. The summed E-state index contributed by atoms with van der Waals surface area (Å²) in [6.45, 7) is 0. The summed E-state index contributed by atoms with van der Waals surface area (Å²) in [6, 6.07) is 61.7. The fourth-order valence-electron chi connectivity index (χ4n) is 7.36. The number of hydrogen-bond acceptors (Lipinski definition) is 1. The van der Waals surface area contributed by atoms with Gasteiger partial charge in [-0.3, -0.25) is 0 Å². The van der Waals surface area contributed by atoms with Gasteiger partial charge in [0.25, 0.3) is 0 Å². The van der Waals surface area contributed by atoms with Crippen molar-refractivity contribution in [3.05, 3.63) is 170 Å². The molecular formula is C46H28O. The van der Waals surface area contributed by atoms with E-state index in [1.807, 2.05) is 12.1 Å². The van der Waals surface area contributed by atoms with Crippen LogP contribution in [0.1, 0.15) is 0 Å². The molecule has 0 saturated carbocycles. The summed E-state index contributed by atoms with van der Waals surface area (Å²) in [5, 5.41) is 12.4. The maximum absolute atomic E-state index is 6.33. The summed E-state index contributed by atoms with van der Waals surface area (Å²) in [5.74, 6) is 0. The van der Waals surface area contributed by atoms with E-state index in [0.29, 0.717) is 0 Å². The third kappa shape index (κ3) is 4.25. The van der Waals surface area contributed by atoms with E-state index in [4.69, 9.17) is 4.42 Å². The molecule has 0 radical (unpaired) electrons. The monoisotopic (exact) mass is 596 g/mol. The number of furan rings is 1. The van der Waals surface area contributed by atoms with Gasteiger partial charge in [-0.05, 0) is 107 Å². The van der Waals surface area contributed by atoms with Gasteiger partial charge in [-0.25, -0.2) is 0 Å². The zero-order valence-corrected chi connectivity index (χ0v) is 25.6. The molecule has 0 aliphatic heterocycles. The van der Waals surface area contributed by atoms with Gasteiger partial charge in [0.1, 0.15) is 11.2 Å². The number of rotatable bonds is 3. The van der Waals surface area contributed by atoms with Gasteiger partial charge >= 0.3 is 0 Å². The Morgan fingerprint density at radius 1 is 0.277 bits per heavy atom. The predicted molar refractivity (Wildman–Crippen MR) is 200 cm³/mol. The first-order valence-electron chi connectivity index (χ1n) is 16.2. The summed E-state index contributed by atoms with van der Waals surface area (Å²) < 4.78 is 6.33. The molecule has 0 unspecified atom stereocenters. The topological polar surface area (TPSA) is 13.1 Å². The van der Waals surface area contributed by atoms with Crippen LogP contribution in [0.2, 0.25) is 0 Å². The highest BCUT2D eigenvalue weighted by Gasteiger charge is 2.13. The Balaban J connectivity index is 0.979. The highest BCUT2D eigenvalue weighted by molar-refractivity contribution is 6.10. The van der Waals surface area contributed by atoms with Crippen LogP contribution in [0.3, 0.4) is 0 Å². The zero-order valence-electron chi connectivity index (χ0n) is 25.6. The largest absolute Gasteiger partial charge is 0.455 e. The number of para-hydroxylation sites is 2. The Bertz CT molecular complexity index is 2850. The van der Waals surface area contributed by atoms with Crippen LogP contribution in [-0.2, 0) is 0 Å². The predicted octanol–water partition coefficient (Wildman–Crippen LogP) is 13.2. The van der Waals surface area contributed by atoms with Crippen LogP contribution in [-0.4, -0.2) is 0 Å². The smallest absolute Gasteiger partial charge is 0.143 e. The van der Waals surface area contributed by atoms with Gasteiger partial charge in [-0.15, -0.1) is 0 Å². The van der Waals surface area contributed by atoms with Crippen LogP contribution in [0.4, 0.5) is 0 Å². The van der Waals surface area contributed by atoms with Gasteiger partial charge in [0.2, 0.25) is 0 Å². The second kappa shape index (κ2) is 10.2. The normalized spacial score (nSPS) is 11.8. The molecular weight excluding hydrogens is 569 g/mol. The SMILES string of the molecule is c1ccc2c(c1)ccc1cc(-c3ccc4cc(-c5ccc6cc(-c7cccc8c7oc7ccccc78)ccc6c5)ccc4c3)ccc12. The number of hydrogen-bond donors (Lipinski definition) is 0. The summed E-state index contributed by atoms with van der Waals surface area (Å²) in [6.07, 6.45) is 0. The first-order chi connectivity index (χ1) is 23.2. The summed E-state index contributed by atoms with van der Waals surface area (Å²) in [5.41, 5.74) is 9.07. The standard InChI is InChI=1S/C46H28O/c1-2-7-40-29(6-1)12-20-38-27-37(22-23-41(38)40)34-16-15-31-24-30(13-14-32(31)25-34)33-17-18-36-28-39(21-19-35(36)26-33)42-9-5-10-44-43-8-3-4-11-45(43)47-46(42)44/h1-28H. The second-order valence-electron chi connectivity index (χ2n) is 12.6. The molecule has 218 valence electrons. The van der Waals surface area contributed by atoms with Crippen LogP contribution in [0, 0.1) is 0 Å². The highest BCUT2D eigenvalue weighted by Crippen LogP contribution is 2.38. The van der Waals surface area contributed by atoms with Gasteiger partial charge in [0.15, 0.2) is 0 Å². The minimum atomic E-state index is 0.925. The molecule has 0 saturated heterocycles.